The Bertz CT molecular complexity index is 1020. The van der Waals surface area contributed by atoms with E-state index in [1.54, 1.807) is 53.4 Å². The molecule has 1 heterocycles. The fourth-order valence-electron chi connectivity index (χ4n) is 4.80. The summed E-state index contributed by atoms with van der Waals surface area (Å²) in [5.74, 6) is -0.224. The highest BCUT2D eigenvalue weighted by atomic mass is 32.2. The lowest BCUT2D eigenvalue weighted by atomic mass is 9.71. The molecule has 1 amide bonds. The molecule has 3 atom stereocenters. The van der Waals surface area contributed by atoms with Crippen molar-refractivity contribution >= 4 is 15.9 Å². The number of carbonyl (C=O) groups is 1. The zero-order chi connectivity index (χ0) is 22.1. The van der Waals surface area contributed by atoms with Crippen LogP contribution in [0.2, 0.25) is 0 Å². The van der Waals surface area contributed by atoms with Gasteiger partial charge in [0.25, 0.3) is 0 Å². The van der Waals surface area contributed by atoms with Crippen LogP contribution in [0.3, 0.4) is 0 Å². The number of rotatable bonds is 5. The summed E-state index contributed by atoms with van der Waals surface area (Å²) >= 11 is 0. The van der Waals surface area contributed by atoms with Gasteiger partial charge >= 0.3 is 0 Å². The topological polar surface area (TPSA) is 86.7 Å². The lowest BCUT2D eigenvalue weighted by molar-refractivity contribution is -0.145. The van der Waals surface area contributed by atoms with Gasteiger partial charge in [-0.25, -0.2) is 8.42 Å². The van der Waals surface area contributed by atoms with Crippen LogP contribution in [0.25, 0.3) is 0 Å². The van der Waals surface area contributed by atoms with E-state index in [9.17, 15) is 18.3 Å². The molecule has 0 radical (unpaired) electrons. The second kappa shape index (κ2) is 8.73. The summed E-state index contributed by atoms with van der Waals surface area (Å²) in [6.45, 7) is 2.79. The van der Waals surface area contributed by atoms with E-state index in [1.165, 1.54) is 0 Å². The Balaban J connectivity index is 1.60. The number of aryl methyl sites for hydroxylation is 1. The number of likely N-dealkylation sites (tertiary alicyclic amines) is 1. The number of sulfonamides is 1. The number of hydrogen-bond donors (Lipinski definition) is 2. The largest absolute Gasteiger partial charge is 0.389 e. The third kappa shape index (κ3) is 4.68. The van der Waals surface area contributed by atoms with Gasteiger partial charge in [0, 0.05) is 19.0 Å². The highest BCUT2D eigenvalue weighted by Gasteiger charge is 2.45. The van der Waals surface area contributed by atoms with Crippen molar-refractivity contribution in [1.82, 2.24) is 9.62 Å². The van der Waals surface area contributed by atoms with Crippen LogP contribution in [0.5, 0.6) is 0 Å². The van der Waals surface area contributed by atoms with Crippen LogP contribution in [-0.4, -0.2) is 43.0 Å². The molecule has 4 rings (SSSR count). The van der Waals surface area contributed by atoms with Crippen molar-refractivity contribution in [1.29, 1.82) is 0 Å². The van der Waals surface area contributed by atoms with Gasteiger partial charge in [0.1, 0.15) is 6.04 Å². The van der Waals surface area contributed by atoms with Gasteiger partial charge in [0.2, 0.25) is 15.9 Å². The molecule has 2 aliphatic rings. The molecular formula is C24H30N2O4S. The van der Waals surface area contributed by atoms with E-state index in [4.69, 9.17) is 0 Å². The van der Waals surface area contributed by atoms with E-state index in [0.29, 0.717) is 25.1 Å². The standard InChI is InChI=1S/C24H30N2O4S/c1-18-10-12-21(13-11-18)31(29,30)25-22(19-7-3-2-4-8-19)23(27)26-16-15-24(28)14-6-5-9-20(24)17-26/h2-4,7-8,10-13,20,22,25,28H,5-6,9,14-17H2,1H3/t20-,22-,24+/m0/s1. The summed E-state index contributed by atoms with van der Waals surface area (Å²) in [7, 11) is -3.89. The molecule has 1 saturated heterocycles. The van der Waals surface area contributed by atoms with Gasteiger partial charge in [-0.1, -0.05) is 60.9 Å². The number of nitrogens with zero attached hydrogens (tertiary/aromatic N) is 1. The summed E-state index contributed by atoms with van der Waals surface area (Å²) in [6, 6.07) is 14.5. The van der Waals surface area contributed by atoms with Gasteiger partial charge in [0.05, 0.1) is 10.5 Å². The third-order valence-corrected chi connectivity index (χ3v) is 8.16. The van der Waals surface area contributed by atoms with Crippen molar-refractivity contribution in [3.8, 4) is 0 Å². The number of carbonyl (C=O) groups excluding carboxylic acids is 1. The smallest absolute Gasteiger partial charge is 0.245 e. The third-order valence-electron chi connectivity index (χ3n) is 6.72. The van der Waals surface area contributed by atoms with Crippen molar-refractivity contribution in [2.75, 3.05) is 13.1 Å². The molecule has 0 aromatic heterocycles. The van der Waals surface area contributed by atoms with Crippen LogP contribution in [0.15, 0.2) is 59.5 Å². The molecule has 2 aromatic carbocycles. The predicted molar refractivity (Wildman–Crippen MR) is 119 cm³/mol. The average molecular weight is 443 g/mol. The van der Waals surface area contributed by atoms with Crippen molar-refractivity contribution in [3.63, 3.8) is 0 Å². The molecule has 7 heteroatoms. The molecule has 2 fully saturated rings. The SMILES string of the molecule is Cc1ccc(S(=O)(=O)N[C@H](C(=O)N2CC[C@]3(O)CCCC[C@H]3C2)c2ccccc2)cc1. The maximum atomic E-state index is 13.6. The first-order valence-electron chi connectivity index (χ1n) is 10.9. The van der Waals surface area contributed by atoms with E-state index in [-0.39, 0.29) is 16.7 Å². The molecule has 1 aliphatic heterocycles. The fraction of sp³-hybridized carbons (Fsp3) is 0.458. The molecule has 6 nitrogen and oxygen atoms in total. The molecule has 2 aromatic rings. The summed E-state index contributed by atoms with van der Waals surface area (Å²) in [5, 5.41) is 11.0. The first-order valence-corrected chi connectivity index (χ1v) is 12.4. The number of hydrogen-bond acceptors (Lipinski definition) is 4. The Morgan fingerprint density at radius 1 is 1.10 bits per heavy atom. The van der Waals surface area contributed by atoms with Crippen molar-refractivity contribution < 1.29 is 18.3 Å². The van der Waals surface area contributed by atoms with E-state index >= 15 is 0 Å². The average Bonchev–Trinajstić information content (AvgIpc) is 2.77. The molecule has 0 spiro atoms. The van der Waals surface area contributed by atoms with Crippen molar-refractivity contribution in [2.45, 2.75) is 55.6 Å². The number of benzene rings is 2. The maximum Gasteiger partial charge on any atom is 0.245 e. The zero-order valence-corrected chi connectivity index (χ0v) is 18.6. The van der Waals surface area contributed by atoms with E-state index in [0.717, 1.165) is 31.2 Å². The van der Waals surface area contributed by atoms with E-state index in [1.807, 2.05) is 13.0 Å². The molecule has 0 bridgehead atoms. The predicted octanol–water partition coefficient (Wildman–Crippen LogP) is 3.17. The van der Waals surface area contributed by atoms with Crippen LogP contribution in [-0.2, 0) is 14.8 Å². The fourth-order valence-corrected chi connectivity index (χ4v) is 5.98. The second-order valence-electron chi connectivity index (χ2n) is 8.86. The van der Waals surface area contributed by atoms with Crippen LogP contribution in [0.1, 0.15) is 49.3 Å². The summed E-state index contributed by atoms with van der Waals surface area (Å²) in [4.78, 5) is 15.4. The zero-order valence-electron chi connectivity index (χ0n) is 17.8. The van der Waals surface area contributed by atoms with E-state index < -0.39 is 21.7 Å². The van der Waals surface area contributed by atoms with Crippen molar-refractivity contribution in [2.24, 2.45) is 5.92 Å². The van der Waals surface area contributed by atoms with Gasteiger partial charge in [-0.05, 0) is 43.9 Å². The van der Waals surface area contributed by atoms with Crippen molar-refractivity contribution in [3.05, 3.63) is 65.7 Å². The van der Waals surface area contributed by atoms with Gasteiger partial charge in [0.15, 0.2) is 0 Å². The Kier molecular flexibility index (Phi) is 6.19. The molecule has 31 heavy (non-hydrogen) atoms. The summed E-state index contributed by atoms with van der Waals surface area (Å²) < 4.78 is 28.8. The number of fused-ring (bicyclic) bond motifs is 1. The minimum Gasteiger partial charge on any atom is -0.389 e. The van der Waals surface area contributed by atoms with Crippen LogP contribution >= 0.6 is 0 Å². The van der Waals surface area contributed by atoms with E-state index in [2.05, 4.69) is 4.72 Å². The Morgan fingerprint density at radius 2 is 1.81 bits per heavy atom. The Morgan fingerprint density at radius 3 is 2.52 bits per heavy atom. The van der Waals surface area contributed by atoms with Gasteiger partial charge in [-0.2, -0.15) is 4.72 Å². The normalized spacial score (nSPS) is 25.0. The number of piperidine rings is 1. The summed E-state index contributed by atoms with van der Waals surface area (Å²) in [6.07, 6.45) is 4.28. The Labute approximate surface area is 184 Å². The highest BCUT2D eigenvalue weighted by Crippen LogP contribution is 2.40. The minimum atomic E-state index is -3.89. The van der Waals surface area contributed by atoms with Crippen LogP contribution in [0.4, 0.5) is 0 Å². The second-order valence-corrected chi connectivity index (χ2v) is 10.6. The van der Waals surface area contributed by atoms with Crippen LogP contribution in [0, 0.1) is 12.8 Å². The van der Waals surface area contributed by atoms with Gasteiger partial charge < -0.3 is 10.0 Å². The quantitative estimate of drug-likeness (QED) is 0.745. The lowest BCUT2D eigenvalue weighted by Gasteiger charge is -2.48. The molecule has 0 unspecified atom stereocenters. The number of aliphatic hydroxyl groups is 1. The summed E-state index contributed by atoms with van der Waals surface area (Å²) in [5.41, 5.74) is 0.870. The lowest BCUT2D eigenvalue weighted by Crippen LogP contribution is -2.56. The first kappa shape index (κ1) is 22.0. The van der Waals surface area contributed by atoms with Gasteiger partial charge in [-0.15, -0.1) is 0 Å². The van der Waals surface area contributed by atoms with Gasteiger partial charge in [-0.3, -0.25) is 4.79 Å². The highest BCUT2D eigenvalue weighted by molar-refractivity contribution is 7.89. The Hall–Kier alpha value is -2.22. The number of nitrogens with one attached hydrogen (secondary N) is 1. The number of amides is 1. The maximum absolute atomic E-state index is 13.6. The molecule has 166 valence electrons. The molecule has 2 N–H and O–H groups in total. The molecule has 1 aliphatic carbocycles. The molecular weight excluding hydrogens is 412 g/mol. The van der Waals surface area contributed by atoms with Crippen LogP contribution < -0.4 is 4.72 Å². The molecule has 1 saturated carbocycles. The monoisotopic (exact) mass is 442 g/mol. The first-order chi connectivity index (χ1) is 14.8. The minimum absolute atomic E-state index is 0.0454.